The van der Waals surface area contributed by atoms with Crippen molar-refractivity contribution in [2.45, 2.75) is 35.2 Å². The van der Waals surface area contributed by atoms with Crippen LogP contribution in [0.4, 0.5) is 0 Å². The van der Waals surface area contributed by atoms with E-state index in [1.165, 1.54) is 11.8 Å². The third kappa shape index (κ3) is 3.74. The summed E-state index contributed by atoms with van der Waals surface area (Å²) in [6.45, 7) is 1.94. The zero-order chi connectivity index (χ0) is 18.8. The first-order valence-electron chi connectivity index (χ1n) is 9.11. The fourth-order valence-electron chi connectivity index (χ4n) is 3.72. The predicted molar refractivity (Wildman–Crippen MR) is 106 cm³/mol. The van der Waals surface area contributed by atoms with Gasteiger partial charge in [0.15, 0.2) is 0 Å². The average Bonchev–Trinajstić information content (AvgIpc) is 3.27. The topological polar surface area (TPSA) is 76.6 Å². The van der Waals surface area contributed by atoms with Crippen LogP contribution in [0.25, 0.3) is 10.9 Å². The summed E-state index contributed by atoms with van der Waals surface area (Å²) in [5.74, 6) is -0.953. The summed E-state index contributed by atoms with van der Waals surface area (Å²) in [5.41, 5.74) is 2.19. The van der Waals surface area contributed by atoms with Gasteiger partial charge in [-0.15, -0.1) is 0 Å². The molecule has 6 heteroatoms. The number of aromatic carboxylic acids is 1. The zero-order valence-corrected chi connectivity index (χ0v) is 15.7. The minimum absolute atomic E-state index is 0.185. The molecule has 1 aromatic heterocycles. The molecule has 2 heterocycles. The van der Waals surface area contributed by atoms with Crippen LogP contribution in [-0.2, 0) is 6.54 Å². The van der Waals surface area contributed by atoms with Gasteiger partial charge < -0.3 is 15.2 Å². The average molecular weight is 382 g/mol. The van der Waals surface area contributed by atoms with Crippen molar-refractivity contribution in [3.8, 4) is 0 Å². The summed E-state index contributed by atoms with van der Waals surface area (Å²) >= 11 is 1.47. The van der Waals surface area contributed by atoms with Crippen molar-refractivity contribution in [3.05, 3.63) is 59.8 Å². The number of hydrogen-bond acceptors (Lipinski definition) is 4. The van der Waals surface area contributed by atoms with Crippen LogP contribution in [0.2, 0.25) is 0 Å². The number of nitrogens with zero attached hydrogens (tertiary/aromatic N) is 1. The van der Waals surface area contributed by atoms with Gasteiger partial charge in [0, 0.05) is 28.4 Å². The normalized spacial score (nSPS) is 17.6. The number of fused-ring (bicyclic) bond motifs is 1. The molecule has 1 aliphatic heterocycles. The van der Waals surface area contributed by atoms with E-state index in [1.807, 2.05) is 42.5 Å². The van der Waals surface area contributed by atoms with Gasteiger partial charge in [-0.3, -0.25) is 4.90 Å². The van der Waals surface area contributed by atoms with E-state index in [-0.39, 0.29) is 18.3 Å². The van der Waals surface area contributed by atoms with Gasteiger partial charge in [0.25, 0.3) is 0 Å². The van der Waals surface area contributed by atoms with Crippen molar-refractivity contribution in [2.24, 2.45) is 0 Å². The van der Waals surface area contributed by atoms with Crippen molar-refractivity contribution >= 4 is 28.6 Å². The molecule has 3 N–H and O–H groups in total. The first-order valence-corrected chi connectivity index (χ1v) is 9.93. The summed E-state index contributed by atoms with van der Waals surface area (Å²) in [5, 5.41) is 20.1. The van der Waals surface area contributed by atoms with Gasteiger partial charge >= 0.3 is 5.97 Å². The zero-order valence-electron chi connectivity index (χ0n) is 14.9. The SMILES string of the molecule is O=C(O)c1[nH]c2ccc(CN3CCC[C@H]3CO)cc2c1Sc1ccccc1. The fraction of sp³-hybridized carbons (Fsp3) is 0.286. The van der Waals surface area contributed by atoms with Gasteiger partial charge in [0.2, 0.25) is 0 Å². The van der Waals surface area contributed by atoms with Crippen LogP contribution in [0.3, 0.4) is 0 Å². The highest BCUT2D eigenvalue weighted by Crippen LogP contribution is 2.37. The van der Waals surface area contributed by atoms with Crippen molar-refractivity contribution < 1.29 is 15.0 Å². The van der Waals surface area contributed by atoms with Crippen molar-refractivity contribution in [1.82, 2.24) is 9.88 Å². The van der Waals surface area contributed by atoms with Gasteiger partial charge in [-0.1, -0.05) is 36.0 Å². The maximum Gasteiger partial charge on any atom is 0.353 e. The van der Waals surface area contributed by atoms with Crippen LogP contribution in [0.15, 0.2) is 58.3 Å². The quantitative estimate of drug-likeness (QED) is 0.601. The van der Waals surface area contributed by atoms with Gasteiger partial charge in [0.1, 0.15) is 5.69 Å². The van der Waals surface area contributed by atoms with Crippen LogP contribution < -0.4 is 0 Å². The lowest BCUT2D eigenvalue weighted by Crippen LogP contribution is -2.31. The molecule has 2 aromatic carbocycles. The number of carboxylic acid groups (broad SMARTS) is 1. The smallest absolute Gasteiger partial charge is 0.353 e. The number of aliphatic hydroxyl groups is 1. The second kappa shape index (κ2) is 7.76. The molecular weight excluding hydrogens is 360 g/mol. The third-order valence-electron chi connectivity index (χ3n) is 5.09. The Balaban J connectivity index is 1.71. The highest BCUT2D eigenvalue weighted by atomic mass is 32.2. The molecule has 140 valence electrons. The lowest BCUT2D eigenvalue weighted by Gasteiger charge is -2.22. The number of likely N-dealkylation sites (tertiary alicyclic amines) is 1. The molecule has 5 nitrogen and oxygen atoms in total. The van der Waals surface area contributed by atoms with E-state index in [4.69, 9.17) is 0 Å². The minimum Gasteiger partial charge on any atom is -0.477 e. The summed E-state index contributed by atoms with van der Waals surface area (Å²) in [7, 11) is 0. The number of carbonyl (C=O) groups is 1. The van der Waals surface area contributed by atoms with Crippen molar-refractivity contribution in [3.63, 3.8) is 0 Å². The molecule has 0 amide bonds. The number of aliphatic hydroxyl groups excluding tert-OH is 1. The number of hydrogen-bond donors (Lipinski definition) is 3. The number of nitrogens with one attached hydrogen (secondary N) is 1. The molecule has 1 fully saturated rings. The molecule has 3 aromatic rings. The predicted octanol–water partition coefficient (Wildman–Crippen LogP) is 3.97. The van der Waals surface area contributed by atoms with Gasteiger partial charge in [-0.2, -0.15) is 0 Å². The molecule has 0 saturated carbocycles. The molecular formula is C21H22N2O3S. The van der Waals surface area contributed by atoms with Crippen LogP contribution in [0, 0.1) is 0 Å². The van der Waals surface area contributed by atoms with E-state index in [0.717, 1.165) is 52.2 Å². The van der Waals surface area contributed by atoms with Crippen LogP contribution in [0.1, 0.15) is 28.9 Å². The molecule has 0 bridgehead atoms. The molecule has 0 radical (unpaired) electrons. The Hall–Kier alpha value is -2.28. The van der Waals surface area contributed by atoms with E-state index < -0.39 is 5.97 Å². The monoisotopic (exact) mass is 382 g/mol. The van der Waals surface area contributed by atoms with Gasteiger partial charge in [0.05, 0.1) is 11.5 Å². The summed E-state index contributed by atoms with van der Waals surface area (Å²) < 4.78 is 0. The van der Waals surface area contributed by atoms with E-state index >= 15 is 0 Å². The highest BCUT2D eigenvalue weighted by molar-refractivity contribution is 7.99. The van der Waals surface area contributed by atoms with Crippen molar-refractivity contribution in [2.75, 3.05) is 13.2 Å². The fourth-order valence-corrected chi connectivity index (χ4v) is 4.77. The number of aromatic nitrogens is 1. The van der Waals surface area contributed by atoms with E-state index in [2.05, 4.69) is 16.0 Å². The first kappa shape index (κ1) is 18.1. The number of carboxylic acids is 1. The lowest BCUT2D eigenvalue weighted by atomic mass is 10.1. The molecule has 0 unspecified atom stereocenters. The second-order valence-electron chi connectivity index (χ2n) is 6.88. The molecule has 4 rings (SSSR count). The Morgan fingerprint density at radius 3 is 2.78 bits per heavy atom. The largest absolute Gasteiger partial charge is 0.477 e. The lowest BCUT2D eigenvalue weighted by molar-refractivity contribution is 0.0687. The van der Waals surface area contributed by atoms with Crippen LogP contribution >= 0.6 is 11.8 Å². The summed E-state index contributed by atoms with van der Waals surface area (Å²) in [4.78, 5) is 18.8. The standard InChI is InChI=1S/C21H22N2O3S/c24-13-15-5-4-10-23(15)12-14-8-9-18-17(11-14)20(19(22-18)21(25)26)27-16-6-2-1-3-7-16/h1-3,6-9,11,15,22,24H,4-5,10,12-13H2,(H,25,26)/t15-/m0/s1. The Morgan fingerprint density at radius 2 is 2.04 bits per heavy atom. The maximum absolute atomic E-state index is 11.7. The Morgan fingerprint density at radius 1 is 1.22 bits per heavy atom. The molecule has 1 aliphatic rings. The number of H-pyrrole nitrogens is 1. The Labute approximate surface area is 162 Å². The second-order valence-corrected chi connectivity index (χ2v) is 7.96. The highest BCUT2D eigenvalue weighted by Gasteiger charge is 2.24. The van der Waals surface area contributed by atoms with E-state index in [0.29, 0.717) is 0 Å². The molecule has 0 spiro atoms. The molecule has 27 heavy (non-hydrogen) atoms. The summed E-state index contributed by atoms with van der Waals surface area (Å²) in [6.07, 6.45) is 2.14. The Bertz CT molecular complexity index is 955. The third-order valence-corrected chi connectivity index (χ3v) is 6.22. The minimum atomic E-state index is -0.953. The van der Waals surface area contributed by atoms with Crippen molar-refractivity contribution in [1.29, 1.82) is 0 Å². The molecule has 0 aliphatic carbocycles. The number of rotatable bonds is 6. The number of aromatic amines is 1. The molecule has 1 saturated heterocycles. The Kier molecular flexibility index (Phi) is 5.20. The number of benzene rings is 2. The van der Waals surface area contributed by atoms with Crippen LogP contribution in [0.5, 0.6) is 0 Å². The summed E-state index contributed by atoms with van der Waals surface area (Å²) in [6, 6.07) is 16.1. The van der Waals surface area contributed by atoms with Gasteiger partial charge in [-0.25, -0.2) is 4.79 Å². The van der Waals surface area contributed by atoms with Gasteiger partial charge in [-0.05, 0) is 49.2 Å². The maximum atomic E-state index is 11.7. The van der Waals surface area contributed by atoms with E-state index in [1.54, 1.807) is 0 Å². The molecule has 1 atom stereocenters. The van der Waals surface area contributed by atoms with E-state index in [9.17, 15) is 15.0 Å². The van der Waals surface area contributed by atoms with Crippen LogP contribution in [-0.4, -0.2) is 45.3 Å². The first-order chi connectivity index (χ1) is 13.2.